The van der Waals surface area contributed by atoms with Gasteiger partial charge in [-0.1, -0.05) is 80.6 Å². The Labute approximate surface area is 521 Å². The fourth-order valence-corrected chi connectivity index (χ4v) is 9.53. The van der Waals surface area contributed by atoms with Gasteiger partial charge in [0.05, 0.1) is 12.2 Å². The normalized spacial score (nSPS) is 21.8. The highest BCUT2D eigenvalue weighted by atomic mass is 16.5. The summed E-state index contributed by atoms with van der Waals surface area (Å²) < 4.78 is 5.46. The number of rotatable bonds is 25. The Balaban J connectivity index is 1.70. The van der Waals surface area contributed by atoms with E-state index < -0.39 is 156 Å². The van der Waals surface area contributed by atoms with E-state index in [0.29, 0.717) is 11.1 Å². The zero-order valence-electron chi connectivity index (χ0n) is 51.0. The van der Waals surface area contributed by atoms with Crippen molar-refractivity contribution in [3.63, 3.8) is 0 Å². The maximum absolute atomic E-state index is 14.6. The number of esters is 1. The maximum atomic E-state index is 14.6. The lowest BCUT2D eigenvalue weighted by molar-refractivity contribution is -0.138. The SMILES string of the molecule is CC(C)C[C@@H]1NC(=O)[C@@H](Cc2ccccc2)NC(=O)[C@H](CCN)NC(=O)[C@@H](NC(=O)[C@H](CCN)NC(=O)[C@@H](NC(=O)[C@H](CCN)OC(=O)c2ccc(-c3ccccc3)cc2O)C(C)O)CCNC(=O)[C@H](C(C)O)NC(=O)[C@H](CCN)NC(=O)[C@H](CCN)NC1=O. The average molecular weight is 1260 g/mol. The molecule has 90 heavy (non-hydrogen) atoms. The van der Waals surface area contributed by atoms with E-state index in [1.54, 1.807) is 80.6 Å². The summed E-state index contributed by atoms with van der Waals surface area (Å²) in [6.07, 6.45) is -6.76. The predicted octanol–water partition coefficient (Wildman–Crippen LogP) is -4.74. The fraction of sp³-hybridized carbons (Fsp3) is 0.517. The van der Waals surface area contributed by atoms with Crippen LogP contribution in [0.3, 0.4) is 0 Å². The van der Waals surface area contributed by atoms with Crippen LogP contribution in [0.4, 0.5) is 0 Å². The molecule has 12 atom stereocenters. The molecule has 0 bridgehead atoms. The number of ether oxygens (including phenoxy) is 1. The van der Waals surface area contributed by atoms with Crippen molar-refractivity contribution < 1.29 is 72.8 Å². The van der Waals surface area contributed by atoms with Crippen LogP contribution >= 0.6 is 0 Å². The maximum Gasteiger partial charge on any atom is 0.342 e. The summed E-state index contributed by atoms with van der Waals surface area (Å²) >= 11 is 0. The van der Waals surface area contributed by atoms with E-state index in [9.17, 15) is 68.1 Å². The van der Waals surface area contributed by atoms with E-state index in [4.69, 9.17) is 33.4 Å². The minimum atomic E-state index is -1.84. The Morgan fingerprint density at radius 3 is 1.60 bits per heavy atom. The number of aliphatic hydroxyl groups is 2. The first-order valence-electron chi connectivity index (χ1n) is 29.9. The summed E-state index contributed by atoms with van der Waals surface area (Å²) in [5, 5.41) is 57.6. The standard InChI is InChI=1S/C60H89N15O15/c1-32(2)29-44-55(84)69-39(17-23-61)50(79)68-42(20-26-64)54(83)74-48(33(3)76)58(87)66-28-22-43(53(82)67-40(18-24-62)52(81)73-45(56(85)72-44)30-35-11-7-5-8-12-35)70-51(80)41(19-25-63)71-59(88)49(34(4)77)75-57(86)47(21-27-65)90-60(89)38-16-15-37(31-46(38)78)36-13-9-6-10-14-36/h5-16,31-34,39-45,47-49,76-78H,17-30,61-65H2,1-4H3,(H,66,87)(H,67,82)(H,68,79)(H,69,84)(H,70,80)(H,71,88)(H,72,85)(H,73,81)(H,74,83)(H,75,86)/t33?,34?,39-,40-,41-,42-,43-,44-,45+,47-,48-,49-/m0/s1. The van der Waals surface area contributed by atoms with Crippen molar-refractivity contribution in [2.75, 3.05) is 39.3 Å². The summed E-state index contributed by atoms with van der Waals surface area (Å²) in [7, 11) is 0. The molecule has 4 rings (SSSR count). The number of carbonyl (C=O) groups excluding carboxylic acids is 11. The van der Waals surface area contributed by atoms with Gasteiger partial charge in [-0.25, -0.2) is 4.79 Å². The van der Waals surface area contributed by atoms with Crippen LogP contribution < -0.4 is 81.8 Å². The van der Waals surface area contributed by atoms with Gasteiger partial charge in [-0.2, -0.15) is 0 Å². The van der Waals surface area contributed by atoms with Crippen LogP contribution in [0.25, 0.3) is 11.1 Å². The van der Waals surface area contributed by atoms with Gasteiger partial charge in [0.2, 0.25) is 53.2 Å². The van der Waals surface area contributed by atoms with Crippen LogP contribution in [0.2, 0.25) is 0 Å². The number of benzene rings is 3. The molecule has 2 unspecified atom stereocenters. The molecule has 0 aliphatic carbocycles. The number of phenolic OH excluding ortho intramolecular Hbond substituents is 1. The molecule has 10 amide bonds. The van der Waals surface area contributed by atoms with Gasteiger partial charge in [-0.3, -0.25) is 47.9 Å². The van der Waals surface area contributed by atoms with Crippen LogP contribution in [-0.2, 0) is 59.1 Å². The summed E-state index contributed by atoms with van der Waals surface area (Å²) in [5.41, 5.74) is 30.9. The van der Waals surface area contributed by atoms with Gasteiger partial charge >= 0.3 is 5.97 Å². The summed E-state index contributed by atoms with van der Waals surface area (Å²) in [6.45, 7) is 4.39. The van der Waals surface area contributed by atoms with Crippen molar-refractivity contribution in [3.05, 3.63) is 90.0 Å². The summed E-state index contributed by atoms with van der Waals surface area (Å²) in [6, 6.07) is 7.64. The Kier molecular flexibility index (Phi) is 30.7. The topological polar surface area (TPSA) is 508 Å². The quantitative estimate of drug-likeness (QED) is 0.0354. The van der Waals surface area contributed by atoms with Gasteiger partial charge in [0.15, 0.2) is 6.10 Å². The third kappa shape index (κ3) is 23.1. The molecule has 1 aliphatic rings. The van der Waals surface area contributed by atoms with Gasteiger partial charge in [0.1, 0.15) is 65.7 Å². The number of aromatic hydroxyl groups is 1. The molecular formula is C60H89N15O15. The lowest BCUT2D eigenvalue weighted by Crippen LogP contribution is -2.61. The van der Waals surface area contributed by atoms with E-state index in [0.717, 1.165) is 12.5 Å². The van der Waals surface area contributed by atoms with Crippen molar-refractivity contribution in [2.24, 2.45) is 34.6 Å². The predicted molar refractivity (Wildman–Crippen MR) is 329 cm³/mol. The Morgan fingerprint density at radius 2 is 1.08 bits per heavy atom. The smallest absolute Gasteiger partial charge is 0.342 e. The Morgan fingerprint density at radius 1 is 0.567 bits per heavy atom. The number of hydrogen-bond acceptors (Lipinski definition) is 20. The molecule has 0 saturated carbocycles. The van der Waals surface area contributed by atoms with Crippen molar-refractivity contribution in [1.82, 2.24) is 53.2 Å². The number of aliphatic hydroxyl groups excluding tert-OH is 2. The second-order valence-electron chi connectivity index (χ2n) is 22.2. The van der Waals surface area contributed by atoms with E-state index in [1.165, 1.54) is 19.1 Å². The van der Waals surface area contributed by atoms with Gasteiger partial charge in [-0.05, 0) is 120 Å². The number of amides is 10. The van der Waals surface area contributed by atoms with E-state index in [1.807, 2.05) is 0 Å². The molecule has 1 heterocycles. The van der Waals surface area contributed by atoms with E-state index in [-0.39, 0.29) is 89.2 Å². The van der Waals surface area contributed by atoms with E-state index >= 15 is 0 Å². The molecule has 1 aliphatic heterocycles. The molecule has 0 radical (unpaired) electrons. The van der Waals surface area contributed by atoms with Gasteiger partial charge < -0.3 is 102 Å². The minimum Gasteiger partial charge on any atom is -0.507 e. The number of nitrogens with two attached hydrogens (primary N) is 5. The monoisotopic (exact) mass is 1260 g/mol. The molecule has 3 aromatic rings. The van der Waals surface area contributed by atoms with Crippen LogP contribution in [0.1, 0.15) is 88.6 Å². The molecule has 3 aromatic carbocycles. The van der Waals surface area contributed by atoms with Gasteiger partial charge in [0.25, 0.3) is 5.91 Å². The average Bonchev–Trinajstić information content (AvgIpc) is 1.38. The van der Waals surface area contributed by atoms with Crippen molar-refractivity contribution in [1.29, 1.82) is 0 Å². The summed E-state index contributed by atoms with van der Waals surface area (Å²) in [4.78, 5) is 155. The number of carbonyl (C=O) groups is 11. The van der Waals surface area contributed by atoms with E-state index in [2.05, 4.69) is 53.2 Å². The molecule has 0 aromatic heterocycles. The zero-order chi connectivity index (χ0) is 66.6. The first-order chi connectivity index (χ1) is 42.8. The first kappa shape index (κ1) is 73.8. The lowest BCUT2D eigenvalue weighted by atomic mass is 10.00. The Hall–Kier alpha value is -8.65. The molecule has 23 N–H and O–H groups in total. The summed E-state index contributed by atoms with van der Waals surface area (Å²) in [5.74, 6) is -11.7. The van der Waals surface area contributed by atoms with Crippen LogP contribution in [-0.4, -0.2) is 192 Å². The lowest BCUT2D eigenvalue weighted by Gasteiger charge is -2.29. The molecule has 494 valence electrons. The number of phenols is 1. The molecule has 1 saturated heterocycles. The Bertz CT molecular complexity index is 2900. The number of nitrogens with one attached hydrogen (secondary N) is 10. The number of hydrogen-bond donors (Lipinski definition) is 18. The van der Waals surface area contributed by atoms with Gasteiger partial charge in [-0.15, -0.1) is 0 Å². The zero-order valence-corrected chi connectivity index (χ0v) is 51.0. The molecule has 30 nitrogen and oxygen atoms in total. The fourth-order valence-electron chi connectivity index (χ4n) is 9.53. The van der Waals surface area contributed by atoms with Crippen molar-refractivity contribution in [3.8, 4) is 16.9 Å². The van der Waals surface area contributed by atoms with Gasteiger partial charge in [0, 0.05) is 19.4 Å². The highest BCUT2D eigenvalue weighted by Crippen LogP contribution is 2.27. The third-order valence-corrected chi connectivity index (χ3v) is 14.4. The van der Waals surface area contributed by atoms with Crippen molar-refractivity contribution in [2.45, 2.75) is 152 Å². The molecule has 30 heteroatoms. The second kappa shape index (κ2) is 37.4. The second-order valence-corrected chi connectivity index (χ2v) is 22.2. The van der Waals surface area contributed by atoms with Crippen LogP contribution in [0, 0.1) is 5.92 Å². The van der Waals surface area contributed by atoms with Crippen molar-refractivity contribution >= 4 is 65.0 Å². The first-order valence-corrected chi connectivity index (χ1v) is 29.9. The largest absolute Gasteiger partial charge is 0.507 e. The highest BCUT2D eigenvalue weighted by Gasteiger charge is 2.38. The van der Waals surface area contributed by atoms with Crippen LogP contribution in [0.5, 0.6) is 5.75 Å². The third-order valence-electron chi connectivity index (χ3n) is 14.4. The minimum absolute atomic E-state index is 0.0302. The highest BCUT2D eigenvalue weighted by molar-refractivity contribution is 6.00. The van der Waals surface area contributed by atoms with Crippen LogP contribution in [0.15, 0.2) is 78.9 Å². The molecular weight excluding hydrogens is 1170 g/mol. The molecule has 0 spiro atoms. The molecule has 1 fully saturated rings.